The van der Waals surface area contributed by atoms with Gasteiger partial charge in [-0.15, -0.1) is 11.3 Å². The number of benzene rings is 1. The predicted octanol–water partition coefficient (Wildman–Crippen LogP) is 4.19. The van der Waals surface area contributed by atoms with Gasteiger partial charge < -0.3 is 0 Å². The van der Waals surface area contributed by atoms with E-state index >= 15 is 0 Å². The Morgan fingerprint density at radius 3 is 2.53 bits per heavy atom. The zero-order valence-electron chi connectivity index (χ0n) is 8.16. The van der Waals surface area contributed by atoms with E-state index in [1.165, 1.54) is 11.3 Å². The van der Waals surface area contributed by atoms with Gasteiger partial charge in [0.05, 0.1) is 4.88 Å². The minimum Gasteiger partial charge on any atom is -0.297 e. The average Bonchev–Trinajstić information content (AvgIpc) is 2.61. The van der Waals surface area contributed by atoms with Crippen molar-refractivity contribution < 1.29 is 4.79 Å². The van der Waals surface area contributed by atoms with E-state index < -0.39 is 0 Å². The number of hydrogen-bond donors (Lipinski definition) is 0. The topological polar surface area (TPSA) is 17.1 Å². The second kappa shape index (κ2) is 4.17. The fraction of sp³-hybridized carbons (Fsp3) is 0.0833. The summed E-state index contributed by atoms with van der Waals surface area (Å²) in [4.78, 5) is 12.8. The summed E-state index contributed by atoms with van der Waals surface area (Å²) in [5, 5.41) is 0.707. The van der Waals surface area contributed by atoms with Crippen LogP contribution in [0.5, 0.6) is 0 Å². The van der Waals surface area contributed by atoms with Crippen LogP contribution in [-0.4, -0.2) is 6.29 Å². The van der Waals surface area contributed by atoms with E-state index in [0.29, 0.717) is 5.02 Å². The second-order valence-corrected chi connectivity index (χ2v) is 4.98. The quantitative estimate of drug-likeness (QED) is 0.715. The molecular formula is C12H9ClOS. The Kier molecular flexibility index (Phi) is 2.89. The van der Waals surface area contributed by atoms with Gasteiger partial charge in [-0.05, 0) is 30.7 Å². The first-order valence-corrected chi connectivity index (χ1v) is 5.71. The summed E-state index contributed by atoms with van der Waals surface area (Å²) in [7, 11) is 0. The Labute approximate surface area is 97.3 Å². The zero-order chi connectivity index (χ0) is 10.8. The van der Waals surface area contributed by atoms with E-state index in [-0.39, 0.29) is 0 Å². The molecule has 2 rings (SSSR count). The standard InChI is InChI=1S/C12H9ClOS/c1-8-6-11(12(7-14)15-8)9-2-4-10(13)5-3-9/h2-7H,1H3. The molecule has 0 spiro atoms. The van der Waals surface area contributed by atoms with Crippen molar-refractivity contribution in [3.05, 3.63) is 45.1 Å². The van der Waals surface area contributed by atoms with Gasteiger partial charge in [0.2, 0.25) is 0 Å². The highest BCUT2D eigenvalue weighted by Crippen LogP contribution is 2.30. The average molecular weight is 237 g/mol. The number of aldehydes is 1. The molecule has 0 aliphatic rings. The zero-order valence-corrected chi connectivity index (χ0v) is 9.73. The van der Waals surface area contributed by atoms with Crippen molar-refractivity contribution in [2.24, 2.45) is 0 Å². The van der Waals surface area contributed by atoms with Crippen LogP contribution in [0, 0.1) is 6.92 Å². The van der Waals surface area contributed by atoms with Gasteiger partial charge in [-0.2, -0.15) is 0 Å². The third kappa shape index (κ3) is 2.11. The minimum absolute atomic E-state index is 0.707. The monoisotopic (exact) mass is 236 g/mol. The van der Waals surface area contributed by atoms with Gasteiger partial charge in [0, 0.05) is 15.5 Å². The normalized spacial score (nSPS) is 10.3. The number of halogens is 1. The van der Waals surface area contributed by atoms with Gasteiger partial charge in [0.1, 0.15) is 0 Å². The molecule has 1 heterocycles. The van der Waals surface area contributed by atoms with Crippen molar-refractivity contribution in [1.29, 1.82) is 0 Å². The van der Waals surface area contributed by atoms with Crippen LogP contribution in [0.15, 0.2) is 30.3 Å². The van der Waals surface area contributed by atoms with Crippen molar-refractivity contribution in [2.75, 3.05) is 0 Å². The largest absolute Gasteiger partial charge is 0.297 e. The Hall–Kier alpha value is -1.12. The third-order valence-electron chi connectivity index (χ3n) is 2.15. The van der Waals surface area contributed by atoms with Gasteiger partial charge in [0.15, 0.2) is 6.29 Å². The summed E-state index contributed by atoms with van der Waals surface area (Å²) in [6.07, 6.45) is 0.904. The van der Waals surface area contributed by atoms with Crippen LogP contribution >= 0.6 is 22.9 Å². The van der Waals surface area contributed by atoms with E-state index in [1.807, 2.05) is 37.3 Å². The molecule has 1 aromatic heterocycles. The molecule has 76 valence electrons. The number of carbonyl (C=O) groups excluding carboxylic acids is 1. The van der Waals surface area contributed by atoms with Gasteiger partial charge in [-0.1, -0.05) is 23.7 Å². The molecule has 0 aliphatic carbocycles. The lowest BCUT2D eigenvalue weighted by Crippen LogP contribution is -1.79. The van der Waals surface area contributed by atoms with E-state index in [9.17, 15) is 4.79 Å². The Morgan fingerprint density at radius 2 is 1.93 bits per heavy atom. The summed E-state index contributed by atoms with van der Waals surface area (Å²) in [5.74, 6) is 0. The molecule has 1 aromatic carbocycles. The maximum atomic E-state index is 10.9. The molecule has 0 N–H and O–H groups in total. The van der Waals surface area contributed by atoms with E-state index in [2.05, 4.69) is 0 Å². The second-order valence-electron chi connectivity index (χ2n) is 3.26. The molecule has 0 atom stereocenters. The first-order valence-electron chi connectivity index (χ1n) is 4.52. The van der Waals surface area contributed by atoms with Crippen LogP contribution in [0.25, 0.3) is 11.1 Å². The third-order valence-corrected chi connectivity index (χ3v) is 3.37. The number of carbonyl (C=O) groups is 1. The molecule has 0 bridgehead atoms. The fourth-order valence-electron chi connectivity index (χ4n) is 1.47. The number of hydrogen-bond acceptors (Lipinski definition) is 2. The SMILES string of the molecule is Cc1cc(-c2ccc(Cl)cc2)c(C=O)s1. The van der Waals surface area contributed by atoms with Crippen LogP contribution in [0.4, 0.5) is 0 Å². The van der Waals surface area contributed by atoms with Gasteiger partial charge in [0.25, 0.3) is 0 Å². The minimum atomic E-state index is 0.707. The fourth-order valence-corrected chi connectivity index (χ4v) is 2.46. The molecule has 0 saturated carbocycles. The molecule has 0 aliphatic heterocycles. The number of aryl methyl sites for hydroxylation is 1. The lowest BCUT2D eigenvalue weighted by atomic mass is 10.1. The summed E-state index contributed by atoms with van der Waals surface area (Å²) >= 11 is 7.32. The maximum Gasteiger partial charge on any atom is 0.160 e. The molecule has 3 heteroatoms. The molecule has 0 amide bonds. The molecule has 0 saturated heterocycles. The Morgan fingerprint density at radius 1 is 1.27 bits per heavy atom. The summed E-state index contributed by atoms with van der Waals surface area (Å²) < 4.78 is 0. The van der Waals surface area contributed by atoms with Crippen LogP contribution in [0.1, 0.15) is 14.5 Å². The predicted molar refractivity (Wildman–Crippen MR) is 64.9 cm³/mol. The van der Waals surface area contributed by atoms with Gasteiger partial charge >= 0.3 is 0 Å². The molecule has 2 aromatic rings. The van der Waals surface area contributed by atoms with Crippen molar-refractivity contribution in [2.45, 2.75) is 6.92 Å². The first-order chi connectivity index (χ1) is 7.20. The summed E-state index contributed by atoms with van der Waals surface area (Å²) in [6.45, 7) is 2.00. The maximum absolute atomic E-state index is 10.9. The first kappa shape index (κ1) is 10.4. The molecular weight excluding hydrogens is 228 g/mol. The van der Waals surface area contributed by atoms with Crippen LogP contribution in [0.2, 0.25) is 5.02 Å². The summed E-state index contributed by atoms with van der Waals surface area (Å²) in [5.41, 5.74) is 2.02. The van der Waals surface area contributed by atoms with E-state index in [1.54, 1.807) is 0 Å². The Bertz CT molecular complexity index is 485. The molecule has 0 radical (unpaired) electrons. The van der Waals surface area contributed by atoms with Crippen molar-refractivity contribution in [1.82, 2.24) is 0 Å². The van der Waals surface area contributed by atoms with E-state index in [0.717, 1.165) is 27.2 Å². The lowest BCUT2D eigenvalue weighted by Gasteiger charge is -1.98. The van der Waals surface area contributed by atoms with Crippen LogP contribution in [-0.2, 0) is 0 Å². The van der Waals surface area contributed by atoms with Gasteiger partial charge in [-0.3, -0.25) is 4.79 Å². The lowest BCUT2D eigenvalue weighted by molar-refractivity contribution is 0.112. The highest BCUT2D eigenvalue weighted by atomic mass is 35.5. The van der Waals surface area contributed by atoms with Crippen molar-refractivity contribution in [3.8, 4) is 11.1 Å². The molecule has 15 heavy (non-hydrogen) atoms. The van der Waals surface area contributed by atoms with E-state index in [4.69, 9.17) is 11.6 Å². The number of thiophene rings is 1. The molecule has 0 fully saturated rings. The highest BCUT2D eigenvalue weighted by molar-refractivity contribution is 7.14. The van der Waals surface area contributed by atoms with Crippen molar-refractivity contribution in [3.63, 3.8) is 0 Å². The Balaban J connectivity index is 2.52. The molecule has 0 unspecified atom stereocenters. The molecule has 1 nitrogen and oxygen atoms in total. The van der Waals surface area contributed by atoms with Crippen molar-refractivity contribution >= 4 is 29.2 Å². The summed E-state index contributed by atoms with van der Waals surface area (Å²) in [6, 6.07) is 9.54. The smallest absolute Gasteiger partial charge is 0.160 e. The van der Waals surface area contributed by atoms with Gasteiger partial charge in [-0.25, -0.2) is 0 Å². The highest BCUT2D eigenvalue weighted by Gasteiger charge is 2.07. The van der Waals surface area contributed by atoms with Crippen LogP contribution < -0.4 is 0 Å². The van der Waals surface area contributed by atoms with Crippen LogP contribution in [0.3, 0.4) is 0 Å². The number of rotatable bonds is 2.